The number of carboxylic acid groups (broad SMARTS) is 1. The Hall–Kier alpha value is -2.15. The van der Waals surface area contributed by atoms with Gasteiger partial charge in [0.25, 0.3) is 0 Å². The Labute approximate surface area is 117 Å². The Bertz CT molecular complexity index is 479. The normalized spacial score (nSPS) is 11.0. The molecule has 1 aromatic rings. The Morgan fingerprint density at radius 2 is 2.05 bits per heavy atom. The molecule has 0 unspecified atom stereocenters. The van der Waals surface area contributed by atoms with Crippen molar-refractivity contribution in [3.8, 4) is 0 Å². The van der Waals surface area contributed by atoms with E-state index in [1.807, 2.05) is 0 Å². The van der Waals surface area contributed by atoms with Gasteiger partial charge in [0.05, 0.1) is 36.1 Å². The average Bonchev–Trinajstić information content (AvgIpc) is 2.28. The van der Waals surface area contributed by atoms with Crippen LogP contribution in [0.1, 0.15) is 19.5 Å². The molecule has 1 heterocycles. The molecule has 7 heteroatoms. The smallest absolute Gasteiger partial charge is 0.321 e. The summed E-state index contributed by atoms with van der Waals surface area (Å²) in [5.74, 6) is -0.959. The fourth-order valence-electron chi connectivity index (χ4n) is 1.63. The molecule has 3 N–H and O–H groups in total. The highest BCUT2D eigenvalue weighted by molar-refractivity contribution is 5.89. The molecule has 0 bridgehead atoms. The quantitative estimate of drug-likeness (QED) is 0.745. The molecule has 110 valence electrons. The van der Waals surface area contributed by atoms with Crippen LogP contribution < -0.4 is 5.32 Å². The van der Waals surface area contributed by atoms with Crippen LogP contribution in [0.25, 0.3) is 0 Å². The number of aliphatic hydroxyl groups is 1. The lowest BCUT2D eigenvalue weighted by Crippen LogP contribution is -2.41. The first kappa shape index (κ1) is 15.9. The lowest BCUT2D eigenvalue weighted by molar-refractivity contribution is -0.136. The number of rotatable bonds is 5. The summed E-state index contributed by atoms with van der Waals surface area (Å²) in [7, 11) is 1.57. The first-order chi connectivity index (χ1) is 9.17. The van der Waals surface area contributed by atoms with Gasteiger partial charge in [-0.05, 0) is 26.0 Å². The third kappa shape index (κ3) is 5.66. The molecule has 0 fully saturated rings. The van der Waals surface area contributed by atoms with Gasteiger partial charge in [-0.25, -0.2) is 4.79 Å². The van der Waals surface area contributed by atoms with Gasteiger partial charge < -0.3 is 20.4 Å². The number of aromatic nitrogens is 1. The molecular weight excluding hydrogens is 262 g/mol. The summed E-state index contributed by atoms with van der Waals surface area (Å²) in [5, 5.41) is 20.9. The first-order valence-electron chi connectivity index (χ1n) is 6.08. The fourth-order valence-corrected chi connectivity index (χ4v) is 1.63. The van der Waals surface area contributed by atoms with Gasteiger partial charge in [0.15, 0.2) is 0 Å². The molecule has 0 atom stereocenters. The summed E-state index contributed by atoms with van der Waals surface area (Å²) in [4.78, 5) is 27.6. The van der Waals surface area contributed by atoms with Gasteiger partial charge in [-0.2, -0.15) is 0 Å². The van der Waals surface area contributed by atoms with Gasteiger partial charge >= 0.3 is 12.0 Å². The van der Waals surface area contributed by atoms with E-state index in [0.717, 1.165) is 0 Å². The standard InChI is InChI=1S/C13H19N3O4/c1-13(2,20)8-16(3)12(19)15-10-5-4-9(14-7-10)6-11(17)18/h4-5,7,20H,6,8H2,1-3H3,(H,15,19)(H,17,18). The monoisotopic (exact) mass is 281 g/mol. The van der Waals surface area contributed by atoms with E-state index in [1.165, 1.54) is 11.1 Å². The third-order valence-electron chi connectivity index (χ3n) is 2.38. The van der Waals surface area contributed by atoms with E-state index in [9.17, 15) is 14.7 Å². The molecule has 0 spiro atoms. The molecule has 7 nitrogen and oxygen atoms in total. The number of nitrogens with one attached hydrogen (secondary N) is 1. The summed E-state index contributed by atoms with van der Waals surface area (Å²) in [5.41, 5.74) is -0.0949. The Kier molecular flexibility index (Phi) is 5.04. The highest BCUT2D eigenvalue weighted by Gasteiger charge is 2.19. The number of carboxylic acids is 1. The van der Waals surface area contributed by atoms with Crippen molar-refractivity contribution in [2.45, 2.75) is 25.9 Å². The predicted molar refractivity (Wildman–Crippen MR) is 73.5 cm³/mol. The maximum absolute atomic E-state index is 11.8. The molecule has 1 aromatic heterocycles. The molecule has 0 saturated heterocycles. The van der Waals surface area contributed by atoms with Gasteiger partial charge in [-0.1, -0.05) is 0 Å². The zero-order valence-electron chi connectivity index (χ0n) is 11.8. The molecular formula is C13H19N3O4. The van der Waals surface area contributed by atoms with Crippen LogP contribution in [-0.2, 0) is 11.2 Å². The van der Waals surface area contributed by atoms with Crippen LogP contribution in [0.3, 0.4) is 0 Å². The Morgan fingerprint density at radius 1 is 1.40 bits per heavy atom. The molecule has 0 aromatic carbocycles. The van der Waals surface area contributed by atoms with Gasteiger partial charge in [0, 0.05) is 7.05 Å². The van der Waals surface area contributed by atoms with Crippen LogP contribution in [0.2, 0.25) is 0 Å². The molecule has 0 aliphatic carbocycles. The van der Waals surface area contributed by atoms with Crippen molar-refractivity contribution in [2.75, 3.05) is 18.9 Å². The molecule has 0 aliphatic rings. The second-order valence-electron chi connectivity index (χ2n) is 5.21. The molecule has 0 saturated carbocycles. The number of urea groups is 1. The van der Waals surface area contributed by atoms with E-state index >= 15 is 0 Å². The van der Waals surface area contributed by atoms with E-state index in [0.29, 0.717) is 11.4 Å². The van der Waals surface area contributed by atoms with Crippen molar-refractivity contribution in [3.63, 3.8) is 0 Å². The summed E-state index contributed by atoms with van der Waals surface area (Å²) in [6.07, 6.45) is 1.24. The molecule has 20 heavy (non-hydrogen) atoms. The van der Waals surface area contributed by atoms with Gasteiger partial charge in [0.2, 0.25) is 0 Å². The number of hydrogen-bond acceptors (Lipinski definition) is 4. The Balaban J connectivity index is 2.60. The topological polar surface area (TPSA) is 103 Å². The minimum atomic E-state index is -0.977. The highest BCUT2D eigenvalue weighted by Crippen LogP contribution is 2.09. The summed E-state index contributed by atoms with van der Waals surface area (Å²) < 4.78 is 0. The number of anilines is 1. The number of pyridine rings is 1. The van der Waals surface area contributed by atoms with Gasteiger partial charge in [0.1, 0.15) is 0 Å². The van der Waals surface area contributed by atoms with Crippen molar-refractivity contribution in [2.24, 2.45) is 0 Å². The van der Waals surface area contributed by atoms with Crippen LogP contribution in [0.15, 0.2) is 18.3 Å². The summed E-state index contributed by atoms with van der Waals surface area (Å²) >= 11 is 0. The van der Waals surface area contributed by atoms with E-state index in [2.05, 4.69) is 10.3 Å². The number of carbonyl (C=O) groups is 2. The van der Waals surface area contributed by atoms with Crippen molar-refractivity contribution in [1.29, 1.82) is 0 Å². The predicted octanol–water partition coefficient (Wildman–Crippen LogP) is 0.943. The number of nitrogens with zero attached hydrogens (tertiary/aromatic N) is 2. The third-order valence-corrected chi connectivity index (χ3v) is 2.38. The zero-order chi connectivity index (χ0) is 15.3. The summed E-state index contributed by atoms with van der Waals surface area (Å²) in [6, 6.07) is 2.75. The number of likely N-dealkylation sites (N-methyl/N-ethyl adjacent to an activating group) is 1. The van der Waals surface area contributed by atoms with Crippen molar-refractivity contribution in [3.05, 3.63) is 24.0 Å². The molecule has 2 amide bonds. The minimum Gasteiger partial charge on any atom is -0.481 e. The second-order valence-corrected chi connectivity index (χ2v) is 5.21. The van der Waals surface area contributed by atoms with Crippen LogP contribution in [0.4, 0.5) is 10.5 Å². The number of amides is 2. The van der Waals surface area contributed by atoms with Crippen LogP contribution in [0.5, 0.6) is 0 Å². The van der Waals surface area contributed by atoms with E-state index in [4.69, 9.17) is 5.11 Å². The largest absolute Gasteiger partial charge is 0.481 e. The van der Waals surface area contributed by atoms with Crippen molar-refractivity contribution < 1.29 is 19.8 Å². The van der Waals surface area contributed by atoms with Crippen molar-refractivity contribution in [1.82, 2.24) is 9.88 Å². The number of carbonyl (C=O) groups excluding carboxylic acids is 1. The fraction of sp³-hybridized carbons (Fsp3) is 0.462. The SMILES string of the molecule is CN(CC(C)(C)O)C(=O)Nc1ccc(CC(=O)O)nc1. The number of hydrogen-bond donors (Lipinski definition) is 3. The zero-order valence-corrected chi connectivity index (χ0v) is 11.8. The molecule has 0 aliphatic heterocycles. The Morgan fingerprint density at radius 3 is 2.50 bits per heavy atom. The highest BCUT2D eigenvalue weighted by atomic mass is 16.4. The van der Waals surface area contributed by atoms with E-state index < -0.39 is 11.6 Å². The van der Waals surface area contributed by atoms with Gasteiger partial charge in [-0.15, -0.1) is 0 Å². The van der Waals surface area contributed by atoms with Crippen molar-refractivity contribution >= 4 is 17.7 Å². The molecule has 1 rings (SSSR count). The minimum absolute atomic E-state index is 0.160. The molecule has 0 radical (unpaired) electrons. The van der Waals surface area contributed by atoms with Crippen LogP contribution in [0, 0.1) is 0 Å². The lowest BCUT2D eigenvalue weighted by atomic mass is 10.1. The maximum atomic E-state index is 11.8. The lowest BCUT2D eigenvalue weighted by Gasteiger charge is -2.25. The summed E-state index contributed by atoms with van der Waals surface area (Å²) in [6.45, 7) is 3.40. The van der Waals surface area contributed by atoms with E-state index in [1.54, 1.807) is 33.0 Å². The number of aliphatic carboxylic acids is 1. The average molecular weight is 281 g/mol. The van der Waals surface area contributed by atoms with E-state index in [-0.39, 0.29) is 19.0 Å². The van der Waals surface area contributed by atoms with Crippen LogP contribution >= 0.6 is 0 Å². The maximum Gasteiger partial charge on any atom is 0.321 e. The van der Waals surface area contributed by atoms with Crippen LogP contribution in [-0.4, -0.2) is 51.3 Å². The first-order valence-corrected chi connectivity index (χ1v) is 6.08. The second kappa shape index (κ2) is 6.33. The van der Waals surface area contributed by atoms with Gasteiger partial charge in [-0.3, -0.25) is 9.78 Å².